The van der Waals surface area contributed by atoms with E-state index < -0.39 is 0 Å². The van der Waals surface area contributed by atoms with Gasteiger partial charge in [-0.15, -0.1) is 0 Å². The lowest BCUT2D eigenvalue weighted by atomic mass is 9.82. The first-order chi connectivity index (χ1) is 7.24. The third kappa shape index (κ3) is 3.04. The molecule has 0 spiro atoms. The Morgan fingerprint density at radius 3 is 2.93 bits per heavy atom. The Kier molecular flexibility index (Phi) is 3.38. The first-order valence-electron chi connectivity index (χ1n) is 5.58. The van der Waals surface area contributed by atoms with Crippen molar-refractivity contribution in [3.8, 4) is 0 Å². The van der Waals surface area contributed by atoms with Gasteiger partial charge in [0, 0.05) is 25.5 Å². The lowest BCUT2D eigenvalue weighted by Crippen LogP contribution is -2.38. The highest BCUT2D eigenvalue weighted by atomic mass is 16.3. The van der Waals surface area contributed by atoms with E-state index in [0.29, 0.717) is 5.92 Å². The zero-order valence-corrected chi connectivity index (χ0v) is 9.21. The van der Waals surface area contributed by atoms with Crippen molar-refractivity contribution < 1.29 is 5.11 Å². The van der Waals surface area contributed by atoms with Gasteiger partial charge >= 0.3 is 0 Å². The highest BCUT2D eigenvalue weighted by Gasteiger charge is 2.27. The fourth-order valence-electron chi connectivity index (χ4n) is 2.09. The molecule has 1 aromatic heterocycles. The average Bonchev–Trinajstić information content (AvgIpc) is 2.65. The predicted molar refractivity (Wildman–Crippen MR) is 58.5 cm³/mol. The van der Waals surface area contributed by atoms with Crippen molar-refractivity contribution in [3.05, 3.63) is 18.5 Å². The molecule has 4 heteroatoms. The summed E-state index contributed by atoms with van der Waals surface area (Å²) < 4.78 is 1.95. The zero-order chi connectivity index (χ0) is 10.7. The largest absolute Gasteiger partial charge is 0.393 e. The van der Waals surface area contributed by atoms with Crippen molar-refractivity contribution in [2.75, 3.05) is 20.1 Å². The second-order valence-electron chi connectivity index (χ2n) is 4.52. The molecule has 4 nitrogen and oxygen atoms in total. The number of nitrogens with zero attached hydrogens (tertiary/aromatic N) is 3. The standard InChI is InChI=1S/C11H19N3O/c1-13(9-10-7-11(15)8-10)5-6-14-4-2-3-12-14/h2-4,10-11,15H,5-9H2,1H3. The van der Waals surface area contributed by atoms with Crippen LogP contribution in [0.4, 0.5) is 0 Å². The van der Waals surface area contributed by atoms with Gasteiger partial charge in [-0.3, -0.25) is 4.68 Å². The minimum atomic E-state index is -0.0329. The molecule has 84 valence electrons. The van der Waals surface area contributed by atoms with Crippen LogP contribution in [0.15, 0.2) is 18.5 Å². The molecule has 1 aliphatic rings. The molecule has 1 aromatic rings. The average molecular weight is 209 g/mol. The molecule has 0 aromatic carbocycles. The summed E-state index contributed by atoms with van der Waals surface area (Å²) in [5, 5.41) is 13.3. The number of likely N-dealkylation sites (N-methyl/N-ethyl adjacent to an activating group) is 1. The van der Waals surface area contributed by atoms with E-state index in [2.05, 4.69) is 17.0 Å². The van der Waals surface area contributed by atoms with Crippen LogP contribution in [-0.2, 0) is 6.54 Å². The molecule has 2 rings (SSSR count). The molecule has 1 heterocycles. The molecule has 15 heavy (non-hydrogen) atoms. The minimum Gasteiger partial charge on any atom is -0.393 e. The molecule has 1 fully saturated rings. The van der Waals surface area contributed by atoms with Gasteiger partial charge in [-0.2, -0.15) is 5.10 Å². The van der Waals surface area contributed by atoms with E-state index in [1.54, 1.807) is 0 Å². The van der Waals surface area contributed by atoms with Crippen LogP contribution in [0.1, 0.15) is 12.8 Å². The lowest BCUT2D eigenvalue weighted by molar-refractivity contribution is 0.0279. The van der Waals surface area contributed by atoms with E-state index in [1.165, 1.54) is 0 Å². The maximum atomic E-state index is 9.18. The fourth-order valence-corrected chi connectivity index (χ4v) is 2.09. The van der Waals surface area contributed by atoms with E-state index in [9.17, 15) is 5.11 Å². The van der Waals surface area contributed by atoms with Crippen LogP contribution in [0.3, 0.4) is 0 Å². The van der Waals surface area contributed by atoms with Crippen molar-refractivity contribution in [2.45, 2.75) is 25.5 Å². The van der Waals surface area contributed by atoms with Gasteiger partial charge in [-0.05, 0) is 31.9 Å². The Morgan fingerprint density at radius 1 is 1.53 bits per heavy atom. The molecule has 1 saturated carbocycles. The molecule has 0 radical (unpaired) electrons. The summed E-state index contributed by atoms with van der Waals surface area (Å²) in [6.45, 7) is 3.06. The maximum Gasteiger partial charge on any atom is 0.0546 e. The molecular formula is C11H19N3O. The summed E-state index contributed by atoms with van der Waals surface area (Å²) in [5.74, 6) is 0.697. The van der Waals surface area contributed by atoms with Crippen LogP contribution >= 0.6 is 0 Å². The zero-order valence-electron chi connectivity index (χ0n) is 9.21. The molecular weight excluding hydrogens is 190 g/mol. The Labute approximate surface area is 90.5 Å². The highest BCUT2D eigenvalue weighted by molar-refractivity contribution is 4.81. The Bertz CT molecular complexity index is 280. The second-order valence-corrected chi connectivity index (χ2v) is 4.52. The topological polar surface area (TPSA) is 41.3 Å². The van der Waals surface area contributed by atoms with Crippen LogP contribution in [0.25, 0.3) is 0 Å². The Hall–Kier alpha value is -0.870. The van der Waals surface area contributed by atoms with Gasteiger partial charge < -0.3 is 10.0 Å². The number of aliphatic hydroxyl groups is 1. The molecule has 0 atom stereocenters. The van der Waals surface area contributed by atoms with Gasteiger partial charge in [0.15, 0.2) is 0 Å². The molecule has 0 amide bonds. The summed E-state index contributed by atoms with van der Waals surface area (Å²) in [6.07, 6.45) is 5.72. The van der Waals surface area contributed by atoms with Gasteiger partial charge in [0.2, 0.25) is 0 Å². The van der Waals surface area contributed by atoms with Crippen molar-refractivity contribution in [1.82, 2.24) is 14.7 Å². The van der Waals surface area contributed by atoms with Gasteiger partial charge in [0.1, 0.15) is 0 Å². The lowest BCUT2D eigenvalue weighted by Gasteiger charge is -2.34. The third-order valence-electron chi connectivity index (χ3n) is 3.05. The van der Waals surface area contributed by atoms with E-state index in [0.717, 1.165) is 32.5 Å². The summed E-state index contributed by atoms with van der Waals surface area (Å²) in [6, 6.07) is 1.95. The van der Waals surface area contributed by atoms with E-state index >= 15 is 0 Å². The summed E-state index contributed by atoms with van der Waals surface area (Å²) in [4.78, 5) is 2.32. The number of hydrogen-bond acceptors (Lipinski definition) is 3. The maximum absolute atomic E-state index is 9.18. The first-order valence-corrected chi connectivity index (χ1v) is 5.58. The number of rotatable bonds is 5. The monoisotopic (exact) mass is 209 g/mol. The quantitative estimate of drug-likeness (QED) is 0.771. The molecule has 0 aliphatic heterocycles. The van der Waals surface area contributed by atoms with E-state index in [1.807, 2.05) is 23.1 Å². The van der Waals surface area contributed by atoms with Crippen LogP contribution < -0.4 is 0 Å². The van der Waals surface area contributed by atoms with Crippen LogP contribution in [0.2, 0.25) is 0 Å². The second kappa shape index (κ2) is 4.77. The fraction of sp³-hybridized carbons (Fsp3) is 0.727. The predicted octanol–water partition coefficient (Wildman–Crippen LogP) is 0.586. The van der Waals surface area contributed by atoms with Crippen molar-refractivity contribution >= 4 is 0 Å². The Morgan fingerprint density at radius 2 is 2.33 bits per heavy atom. The number of aliphatic hydroxyl groups excluding tert-OH is 1. The van der Waals surface area contributed by atoms with E-state index in [-0.39, 0.29) is 6.10 Å². The SMILES string of the molecule is CN(CCn1cccn1)CC1CC(O)C1. The van der Waals surface area contributed by atoms with Crippen molar-refractivity contribution in [3.63, 3.8) is 0 Å². The van der Waals surface area contributed by atoms with Gasteiger partial charge in [-0.25, -0.2) is 0 Å². The molecule has 0 saturated heterocycles. The first kappa shape index (κ1) is 10.6. The van der Waals surface area contributed by atoms with Crippen LogP contribution in [-0.4, -0.2) is 46.0 Å². The molecule has 0 bridgehead atoms. The summed E-state index contributed by atoms with van der Waals surface area (Å²) in [5.41, 5.74) is 0. The third-order valence-corrected chi connectivity index (χ3v) is 3.05. The highest BCUT2D eigenvalue weighted by Crippen LogP contribution is 2.27. The van der Waals surface area contributed by atoms with Gasteiger partial charge in [0.05, 0.1) is 12.6 Å². The van der Waals surface area contributed by atoms with Crippen molar-refractivity contribution in [2.24, 2.45) is 5.92 Å². The Balaban J connectivity index is 1.62. The van der Waals surface area contributed by atoms with Crippen LogP contribution in [0.5, 0.6) is 0 Å². The van der Waals surface area contributed by atoms with Crippen molar-refractivity contribution in [1.29, 1.82) is 0 Å². The minimum absolute atomic E-state index is 0.0329. The molecule has 1 aliphatic carbocycles. The summed E-state index contributed by atoms with van der Waals surface area (Å²) in [7, 11) is 2.13. The summed E-state index contributed by atoms with van der Waals surface area (Å²) >= 11 is 0. The number of aromatic nitrogens is 2. The molecule has 0 unspecified atom stereocenters. The smallest absolute Gasteiger partial charge is 0.0546 e. The van der Waals surface area contributed by atoms with E-state index in [4.69, 9.17) is 0 Å². The van der Waals surface area contributed by atoms with Gasteiger partial charge in [0.25, 0.3) is 0 Å². The van der Waals surface area contributed by atoms with Crippen LogP contribution in [0, 0.1) is 5.92 Å². The normalized spacial score (nSPS) is 25.5. The molecule has 1 N–H and O–H groups in total. The van der Waals surface area contributed by atoms with Gasteiger partial charge in [-0.1, -0.05) is 0 Å². The number of hydrogen-bond donors (Lipinski definition) is 1.